The van der Waals surface area contributed by atoms with Crippen LogP contribution in [0.3, 0.4) is 0 Å². The number of hydrogen-bond acceptors (Lipinski definition) is 2. The maximum atomic E-state index is 3.80. The van der Waals surface area contributed by atoms with Gasteiger partial charge in [-0.1, -0.05) is 25.1 Å². The second-order valence-corrected chi connectivity index (χ2v) is 6.01. The molecule has 2 heteroatoms. The number of anilines is 1. The molecule has 106 valence electrons. The van der Waals surface area contributed by atoms with E-state index in [0.29, 0.717) is 12.1 Å². The highest BCUT2D eigenvalue weighted by atomic mass is 15.2. The molecule has 0 bridgehead atoms. The van der Waals surface area contributed by atoms with Crippen LogP contribution in [-0.2, 0) is 6.42 Å². The second-order valence-electron chi connectivity index (χ2n) is 6.01. The highest BCUT2D eigenvalue weighted by molar-refractivity contribution is 5.57. The monoisotopic (exact) mass is 260 g/mol. The van der Waals surface area contributed by atoms with E-state index in [2.05, 4.69) is 56.1 Å². The topological polar surface area (TPSA) is 15.3 Å². The standard InChI is InChI=1S/C17H28N2/c1-5-15-8-6-7-14(4)17(15)18-16-9-11-19(12-10-16)13(2)3/h6-8,13,16,18H,5,9-12H2,1-4H3. The van der Waals surface area contributed by atoms with Crippen molar-refractivity contribution in [3.05, 3.63) is 29.3 Å². The lowest BCUT2D eigenvalue weighted by Crippen LogP contribution is -2.42. The molecule has 0 aromatic heterocycles. The van der Waals surface area contributed by atoms with Gasteiger partial charge in [0.05, 0.1) is 0 Å². The van der Waals surface area contributed by atoms with Gasteiger partial charge in [0.25, 0.3) is 0 Å². The van der Waals surface area contributed by atoms with Gasteiger partial charge in [-0.05, 0) is 51.2 Å². The molecule has 1 heterocycles. The van der Waals surface area contributed by atoms with Crippen LogP contribution in [0.5, 0.6) is 0 Å². The lowest BCUT2D eigenvalue weighted by atomic mass is 10.0. The Hall–Kier alpha value is -1.02. The summed E-state index contributed by atoms with van der Waals surface area (Å²) in [6, 6.07) is 7.95. The summed E-state index contributed by atoms with van der Waals surface area (Å²) in [6.07, 6.45) is 3.63. The molecule has 1 saturated heterocycles. The van der Waals surface area contributed by atoms with Crippen LogP contribution in [0.15, 0.2) is 18.2 Å². The highest BCUT2D eigenvalue weighted by Crippen LogP contribution is 2.25. The summed E-state index contributed by atoms with van der Waals surface area (Å²) in [5.74, 6) is 0. The van der Waals surface area contributed by atoms with E-state index >= 15 is 0 Å². The van der Waals surface area contributed by atoms with E-state index in [4.69, 9.17) is 0 Å². The van der Waals surface area contributed by atoms with Gasteiger partial charge < -0.3 is 10.2 Å². The van der Waals surface area contributed by atoms with E-state index in [1.54, 1.807) is 0 Å². The Labute approximate surface area is 118 Å². The molecule has 1 N–H and O–H groups in total. The first kappa shape index (κ1) is 14.4. The highest BCUT2D eigenvalue weighted by Gasteiger charge is 2.21. The van der Waals surface area contributed by atoms with E-state index in [1.165, 1.54) is 42.7 Å². The van der Waals surface area contributed by atoms with Crippen molar-refractivity contribution < 1.29 is 0 Å². The van der Waals surface area contributed by atoms with Gasteiger partial charge in [0.1, 0.15) is 0 Å². The fourth-order valence-electron chi connectivity index (χ4n) is 2.99. The maximum Gasteiger partial charge on any atom is 0.0404 e. The molecule has 0 saturated carbocycles. The second kappa shape index (κ2) is 6.42. The normalized spacial score (nSPS) is 17.9. The first-order valence-corrected chi connectivity index (χ1v) is 7.71. The van der Waals surface area contributed by atoms with Crippen LogP contribution in [0.1, 0.15) is 44.7 Å². The molecule has 2 rings (SSSR count). The SMILES string of the molecule is CCc1cccc(C)c1NC1CCN(C(C)C)CC1. The zero-order chi connectivity index (χ0) is 13.8. The van der Waals surface area contributed by atoms with Crippen molar-refractivity contribution in [2.24, 2.45) is 0 Å². The van der Waals surface area contributed by atoms with Crippen molar-refractivity contribution in [1.29, 1.82) is 0 Å². The van der Waals surface area contributed by atoms with Crippen LogP contribution >= 0.6 is 0 Å². The zero-order valence-corrected chi connectivity index (χ0v) is 12.9. The first-order chi connectivity index (χ1) is 9.11. The number of benzene rings is 1. The van der Waals surface area contributed by atoms with Gasteiger partial charge in [-0.25, -0.2) is 0 Å². The van der Waals surface area contributed by atoms with Gasteiger partial charge in [-0.15, -0.1) is 0 Å². The number of piperidine rings is 1. The number of aryl methyl sites for hydroxylation is 2. The molecule has 19 heavy (non-hydrogen) atoms. The predicted octanol–water partition coefficient (Wildman–Crippen LogP) is 3.84. The Morgan fingerprint density at radius 3 is 2.53 bits per heavy atom. The van der Waals surface area contributed by atoms with Gasteiger partial charge in [-0.2, -0.15) is 0 Å². The van der Waals surface area contributed by atoms with Gasteiger partial charge >= 0.3 is 0 Å². The van der Waals surface area contributed by atoms with Gasteiger partial charge in [-0.3, -0.25) is 0 Å². The summed E-state index contributed by atoms with van der Waals surface area (Å²) in [5, 5.41) is 3.80. The van der Waals surface area contributed by atoms with Crippen molar-refractivity contribution >= 4 is 5.69 Å². The smallest absolute Gasteiger partial charge is 0.0404 e. The summed E-state index contributed by atoms with van der Waals surface area (Å²) in [4.78, 5) is 2.58. The minimum atomic E-state index is 0.640. The van der Waals surface area contributed by atoms with E-state index in [1.807, 2.05) is 0 Å². The van der Waals surface area contributed by atoms with Crippen LogP contribution in [0.4, 0.5) is 5.69 Å². The lowest BCUT2D eigenvalue weighted by Gasteiger charge is -2.35. The number of rotatable bonds is 4. The van der Waals surface area contributed by atoms with Gasteiger partial charge in [0.15, 0.2) is 0 Å². The largest absolute Gasteiger partial charge is 0.382 e. The third-order valence-corrected chi connectivity index (χ3v) is 4.35. The van der Waals surface area contributed by atoms with E-state index in [9.17, 15) is 0 Å². The molecule has 1 aliphatic heterocycles. The summed E-state index contributed by atoms with van der Waals surface area (Å²) >= 11 is 0. The molecular weight excluding hydrogens is 232 g/mol. The third-order valence-electron chi connectivity index (χ3n) is 4.35. The Balaban J connectivity index is 1.99. The van der Waals surface area contributed by atoms with E-state index < -0.39 is 0 Å². The Kier molecular flexibility index (Phi) is 4.87. The number of hydrogen-bond donors (Lipinski definition) is 1. The zero-order valence-electron chi connectivity index (χ0n) is 12.9. The van der Waals surface area contributed by atoms with Crippen LogP contribution in [0.25, 0.3) is 0 Å². The Morgan fingerprint density at radius 1 is 1.26 bits per heavy atom. The summed E-state index contributed by atoms with van der Waals surface area (Å²) in [7, 11) is 0. The van der Waals surface area contributed by atoms with Crippen molar-refractivity contribution in [2.75, 3.05) is 18.4 Å². The molecule has 0 atom stereocenters. The predicted molar refractivity (Wildman–Crippen MR) is 83.9 cm³/mol. The Morgan fingerprint density at radius 2 is 1.95 bits per heavy atom. The number of nitrogens with zero attached hydrogens (tertiary/aromatic N) is 1. The third kappa shape index (κ3) is 3.50. The van der Waals surface area contributed by atoms with Crippen molar-refractivity contribution in [1.82, 2.24) is 4.90 Å². The molecule has 0 radical (unpaired) electrons. The van der Waals surface area contributed by atoms with Crippen molar-refractivity contribution in [2.45, 2.75) is 59.0 Å². The van der Waals surface area contributed by atoms with Crippen LogP contribution in [0, 0.1) is 6.92 Å². The van der Waals surface area contributed by atoms with Crippen LogP contribution in [-0.4, -0.2) is 30.1 Å². The molecule has 1 aromatic rings. The summed E-state index contributed by atoms with van der Waals surface area (Å²) in [5.41, 5.74) is 4.21. The average molecular weight is 260 g/mol. The minimum absolute atomic E-state index is 0.640. The van der Waals surface area contributed by atoms with Crippen molar-refractivity contribution in [3.63, 3.8) is 0 Å². The fraction of sp³-hybridized carbons (Fsp3) is 0.647. The van der Waals surface area contributed by atoms with Gasteiger partial charge in [0.2, 0.25) is 0 Å². The van der Waals surface area contributed by atoms with Crippen LogP contribution in [0.2, 0.25) is 0 Å². The van der Waals surface area contributed by atoms with Crippen molar-refractivity contribution in [3.8, 4) is 0 Å². The first-order valence-electron chi connectivity index (χ1n) is 7.71. The molecule has 0 aliphatic carbocycles. The average Bonchev–Trinajstić information content (AvgIpc) is 2.41. The summed E-state index contributed by atoms with van der Waals surface area (Å²) < 4.78 is 0. The quantitative estimate of drug-likeness (QED) is 0.885. The molecule has 1 aromatic carbocycles. The molecule has 2 nitrogen and oxygen atoms in total. The number of likely N-dealkylation sites (tertiary alicyclic amines) is 1. The molecule has 1 fully saturated rings. The fourth-order valence-corrected chi connectivity index (χ4v) is 2.99. The van der Waals surface area contributed by atoms with Gasteiger partial charge in [0, 0.05) is 30.9 Å². The molecule has 0 unspecified atom stereocenters. The number of para-hydroxylation sites is 1. The molecule has 0 amide bonds. The van der Waals surface area contributed by atoms with E-state index in [-0.39, 0.29) is 0 Å². The Bertz CT molecular complexity index is 404. The molecular formula is C17H28N2. The maximum absolute atomic E-state index is 3.80. The lowest BCUT2D eigenvalue weighted by molar-refractivity contribution is 0.177. The minimum Gasteiger partial charge on any atom is -0.382 e. The van der Waals surface area contributed by atoms with Crippen LogP contribution < -0.4 is 5.32 Å². The number of nitrogens with one attached hydrogen (secondary N) is 1. The van der Waals surface area contributed by atoms with E-state index in [0.717, 1.165) is 6.42 Å². The summed E-state index contributed by atoms with van der Waals surface area (Å²) in [6.45, 7) is 11.5. The molecule has 1 aliphatic rings. The molecule has 0 spiro atoms.